The molecular formula is C102H62N2S3. The van der Waals surface area contributed by atoms with Crippen molar-refractivity contribution in [3.05, 3.63) is 421 Å². The molecule has 2 atom stereocenters. The third-order valence-corrected chi connectivity index (χ3v) is 27.0. The van der Waals surface area contributed by atoms with Gasteiger partial charge < -0.3 is 9.80 Å². The van der Waals surface area contributed by atoms with Crippen LogP contribution in [0.1, 0.15) is 44.5 Å². The first-order chi connectivity index (χ1) is 53.1. The van der Waals surface area contributed by atoms with Crippen molar-refractivity contribution < 1.29 is 0 Å². The molecule has 18 aromatic rings. The van der Waals surface area contributed by atoms with Gasteiger partial charge in [-0.3, -0.25) is 0 Å². The van der Waals surface area contributed by atoms with Gasteiger partial charge >= 0.3 is 0 Å². The van der Waals surface area contributed by atoms with E-state index >= 15 is 0 Å². The second kappa shape index (κ2) is 23.4. The summed E-state index contributed by atoms with van der Waals surface area (Å²) in [5, 5.41) is 2.67. The van der Waals surface area contributed by atoms with E-state index < -0.39 is 10.8 Å². The van der Waals surface area contributed by atoms with Crippen LogP contribution >= 0.6 is 34.4 Å². The van der Waals surface area contributed by atoms with Crippen LogP contribution in [0.5, 0.6) is 0 Å². The van der Waals surface area contributed by atoms with Gasteiger partial charge in [-0.05, 0) is 224 Å². The van der Waals surface area contributed by atoms with Crippen LogP contribution in [-0.4, -0.2) is 0 Å². The van der Waals surface area contributed by atoms with Crippen molar-refractivity contribution in [1.82, 2.24) is 0 Å². The van der Waals surface area contributed by atoms with Gasteiger partial charge in [0.15, 0.2) is 0 Å². The second-order valence-corrected chi connectivity index (χ2v) is 32.0. The van der Waals surface area contributed by atoms with Crippen molar-refractivity contribution >= 4 is 88.7 Å². The monoisotopic (exact) mass is 1410 g/mol. The Morgan fingerprint density at radius 2 is 0.654 bits per heavy atom. The first-order valence-electron chi connectivity index (χ1n) is 36.9. The molecule has 0 amide bonds. The molecule has 0 fully saturated rings. The van der Waals surface area contributed by atoms with E-state index in [9.17, 15) is 0 Å². The molecule has 23 rings (SSSR count). The number of anilines is 6. The third-order valence-electron chi connectivity index (χ3n) is 23.5. The lowest BCUT2D eigenvalue weighted by molar-refractivity contribution is 0.802. The summed E-state index contributed by atoms with van der Waals surface area (Å²) in [6, 6.07) is 142. The Morgan fingerprint density at radius 3 is 1.27 bits per heavy atom. The first kappa shape index (κ1) is 60.8. The summed E-state index contributed by atoms with van der Waals surface area (Å²) in [5.74, 6) is 0. The van der Waals surface area contributed by atoms with E-state index in [1.807, 2.05) is 34.4 Å². The highest BCUT2D eigenvalue weighted by Crippen LogP contribution is 2.70. The molecule has 4 aliphatic carbocycles. The third kappa shape index (κ3) is 8.70. The Bertz CT molecular complexity index is 6750. The van der Waals surface area contributed by atoms with Crippen LogP contribution in [0.15, 0.2) is 386 Å². The van der Waals surface area contributed by atoms with Gasteiger partial charge in [-0.2, -0.15) is 0 Å². The minimum atomic E-state index is -0.495. The molecule has 1 aliphatic heterocycles. The molecule has 2 nitrogen and oxygen atoms in total. The lowest BCUT2D eigenvalue weighted by Crippen LogP contribution is -2.26. The average Bonchev–Trinajstić information content (AvgIpc) is 1.50. The van der Waals surface area contributed by atoms with Crippen molar-refractivity contribution in [2.75, 3.05) is 9.80 Å². The quantitative estimate of drug-likeness (QED) is 0.142. The van der Waals surface area contributed by atoms with E-state index in [1.54, 1.807) is 0 Å². The molecule has 498 valence electrons. The molecule has 0 saturated carbocycles. The van der Waals surface area contributed by atoms with Gasteiger partial charge in [0.05, 0.1) is 27.9 Å². The van der Waals surface area contributed by atoms with Crippen molar-refractivity contribution in [2.24, 2.45) is 0 Å². The molecule has 2 spiro atoms. The summed E-state index contributed by atoms with van der Waals surface area (Å²) in [4.78, 5) is 10.2. The Hall–Kier alpha value is -12.6. The summed E-state index contributed by atoms with van der Waals surface area (Å²) >= 11 is 5.75. The van der Waals surface area contributed by atoms with E-state index in [0.29, 0.717) is 0 Å². The lowest BCUT2D eigenvalue weighted by Gasteiger charge is -2.35. The molecule has 16 aromatic carbocycles. The highest BCUT2D eigenvalue weighted by Gasteiger charge is 2.56. The molecule has 0 N–H and O–H groups in total. The molecule has 5 aliphatic rings. The smallest absolute Gasteiger partial charge is 0.0740 e. The summed E-state index contributed by atoms with van der Waals surface area (Å²) in [6.45, 7) is 0. The summed E-state index contributed by atoms with van der Waals surface area (Å²) < 4.78 is 2.65. The van der Waals surface area contributed by atoms with E-state index in [2.05, 4.69) is 386 Å². The number of fused-ring (bicyclic) bond motifs is 26. The fourth-order valence-corrected chi connectivity index (χ4v) is 22.8. The fourth-order valence-electron chi connectivity index (χ4n) is 19.1. The molecule has 2 aromatic heterocycles. The summed E-state index contributed by atoms with van der Waals surface area (Å²) in [6.07, 6.45) is 0. The number of nitrogens with zero attached hydrogens (tertiary/aromatic N) is 2. The molecule has 107 heavy (non-hydrogen) atoms. The maximum absolute atomic E-state index is 2.58. The van der Waals surface area contributed by atoms with Gasteiger partial charge in [-0.1, -0.05) is 303 Å². The average molecular weight is 1410 g/mol. The van der Waals surface area contributed by atoms with Gasteiger partial charge in [0.2, 0.25) is 0 Å². The van der Waals surface area contributed by atoms with Crippen LogP contribution in [0, 0.1) is 0 Å². The normalized spacial score (nSPS) is 15.5. The number of para-hydroxylation sites is 1. The van der Waals surface area contributed by atoms with Gasteiger partial charge in [0.25, 0.3) is 0 Å². The Labute approximate surface area is 633 Å². The summed E-state index contributed by atoms with van der Waals surface area (Å²) in [7, 11) is 0. The molecular weight excluding hydrogens is 1350 g/mol. The van der Waals surface area contributed by atoms with Gasteiger partial charge in [0.1, 0.15) is 0 Å². The Balaban J connectivity index is 0.616. The Kier molecular flexibility index (Phi) is 13.3. The highest BCUT2D eigenvalue weighted by atomic mass is 32.2. The predicted octanol–water partition coefficient (Wildman–Crippen LogP) is 28.5. The number of thiophene rings is 2. The minimum absolute atomic E-state index is 0.485. The van der Waals surface area contributed by atoms with E-state index in [0.717, 1.165) is 39.3 Å². The molecule has 0 saturated heterocycles. The largest absolute Gasteiger partial charge is 0.310 e. The van der Waals surface area contributed by atoms with E-state index in [-0.39, 0.29) is 0 Å². The zero-order chi connectivity index (χ0) is 70.1. The standard InChI is InChI=1S/C102H62N2S3/c1-4-24-63(25-5-1)68-50-56-89-94(59-68)105-95-60-69(51-57-90(95)104(89)91-43-23-42-87-96(91)77-33-11-17-39-84(77)101(87)85-40-18-12-34-78(85)99-97(101)80-36-14-20-44-92(80)106-99)65-48-46-64(47-49-65)67-28-22-29-70(58-67)74-54-52-72(61-82(74)66-26-6-2-7-27-66)103(71-30-8-3-9-31-71)73-53-55-76-75-32-10-16-38-83(75)102(88(76)62-73)86-41-19-13-35-79(86)100-98(102)81-37-15-21-45-93(81)107-100/h1-62H. The number of benzene rings is 16. The van der Waals surface area contributed by atoms with Crippen LogP contribution in [0.2, 0.25) is 0 Å². The van der Waals surface area contributed by atoms with Crippen LogP contribution in [-0.2, 0) is 10.8 Å². The summed E-state index contributed by atoms with van der Waals surface area (Å²) in [5.41, 5.74) is 36.3. The van der Waals surface area contributed by atoms with Gasteiger partial charge in [0, 0.05) is 51.6 Å². The maximum atomic E-state index is 2.58. The van der Waals surface area contributed by atoms with Gasteiger partial charge in [-0.25, -0.2) is 0 Å². The zero-order valence-corrected chi connectivity index (χ0v) is 60.4. The maximum Gasteiger partial charge on any atom is 0.0740 e. The predicted molar refractivity (Wildman–Crippen MR) is 450 cm³/mol. The zero-order valence-electron chi connectivity index (χ0n) is 57.9. The molecule has 2 unspecified atom stereocenters. The first-order valence-corrected chi connectivity index (χ1v) is 39.3. The topological polar surface area (TPSA) is 6.48 Å². The van der Waals surface area contributed by atoms with Crippen molar-refractivity contribution in [1.29, 1.82) is 0 Å². The van der Waals surface area contributed by atoms with Crippen molar-refractivity contribution in [3.63, 3.8) is 0 Å². The van der Waals surface area contributed by atoms with Crippen molar-refractivity contribution in [2.45, 2.75) is 20.6 Å². The molecule has 5 heteroatoms. The SMILES string of the molecule is c1ccc(-c2ccc3c(c2)Sc2cc(-c4ccc(-c5cccc(-c6ccc(N(c7ccccc7)c7ccc8c(c7)C7(c9ccccc9-8)c8ccccc8-c8sc9ccccc9c87)cc6-c6ccccc6)c5)cc4)ccc2N3c2cccc3c2-c2ccccc2C32c3ccccc3-c3sc4ccccc4c32)cc1. The van der Waals surface area contributed by atoms with Crippen LogP contribution in [0.4, 0.5) is 34.1 Å². The van der Waals surface area contributed by atoms with Crippen LogP contribution < -0.4 is 9.80 Å². The number of hydrogen-bond acceptors (Lipinski definition) is 5. The van der Waals surface area contributed by atoms with Gasteiger partial charge in [-0.15, -0.1) is 22.7 Å². The van der Waals surface area contributed by atoms with Crippen molar-refractivity contribution in [3.8, 4) is 98.8 Å². The Morgan fingerprint density at radius 1 is 0.234 bits per heavy atom. The van der Waals surface area contributed by atoms with Crippen LogP contribution in [0.25, 0.3) is 119 Å². The minimum Gasteiger partial charge on any atom is -0.310 e. The molecule has 0 bridgehead atoms. The van der Waals surface area contributed by atoms with E-state index in [1.165, 1.54) is 168 Å². The fraction of sp³-hybridized carbons (Fsp3) is 0.0196. The molecule has 0 radical (unpaired) electrons. The number of rotatable bonds is 9. The van der Waals surface area contributed by atoms with E-state index in [4.69, 9.17) is 0 Å². The second-order valence-electron chi connectivity index (χ2n) is 28.8. The number of hydrogen-bond donors (Lipinski definition) is 0. The van der Waals surface area contributed by atoms with Crippen LogP contribution in [0.3, 0.4) is 0 Å². The molecule has 3 heterocycles. The lowest BCUT2D eigenvalue weighted by atomic mass is 9.70. The highest BCUT2D eigenvalue weighted by molar-refractivity contribution is 7.99.